The fourth-order valence-electron chi connectivity index (χ4n) is 3.40. The van der Waals surface area contributed by atoms with Crippen molar-refractivity contribution >= 4 is 17.7 Å². The first kappa shape index (κ1) is 18.8. The number of nitrogens with one attached hydrogen (secondary N) is 1. The molecule has 1 fully saturated rings. The summed E-state index contributed by atoms with van der Waals surface area (Å²) in [5.74, 6) is 0.878. The Labute approximate surface area is 167 Å². The van der Waals surface area contributed by atoms with E-state index in [1.165, 1.54) is 7.11 Å². The van der Waals surface area contributed by atoms with Gasteiger partial charge in [-0.05, 0) is 48.9 Å². The molecule has 2 aliphatic heterocycles. The standard InChI is InChI=1S/C21H20N2O6/c1-21(14-5-8-17-18(11-14)29-10-9-28-17)19(25)23(20(26)22-21)12-16(24)13-3-6-15(27-2)7-4-13/h3-8,11H,9-10,12H2,1-2H3,(H,22,26)/t21-/m0/s1. The molecule has 2 aliphatic rings. The van der Waals surface area contributed by atoms with Gasteiger partial charge in [0, 0.05) is 5.56 Å². The molecule has 2 heterocycles. The molecular formula is C21H20N2O6. The van der Waals surface area contributed by atoms with Crippen molar-refractivity contribution in [3.05, 3.63) is 53.6 Å². The van der Waals surface area contributed by atoms with E-state index in [2.05, 4.69) is 5.32 Å². The average Bonchev–Trinajstić information content (AvgIpc) is 2.97. The van der Waals surface area contributed by atoms with Crippen LogP contribution in [-0.2, 0) is 10.3 Å². The molecule has 0 saturated carbocycles. The minimum absolute atomic E-state index is 0.345. The zero-order valence-electron chi connectivity index (χ0n) is 16.1. The van der Waals surface area contributed by atoms with Crippen molar-refractivity contribution in [3.8, 4) is 17.2 Å². The molecule has 3 amide bonds. The predicted octanol–water partition coefficient (Wildman–Crippen LogP) is 2.12. The average molecular weight is 396 g/mol. The second kappa shape index (κ2) is 7.12. The second-order valence-corrected chi connectivity index (χ2v) is 6.96. The van der Waals surface area contributed by atoms with E-state index >= 15 is 0 Å². The van der Waals surface area contributed by atoms with E-state index in [1.807, 2.05) is 0 Å². The summed E-state index contributed by atoms with van der Waals surface area (Å²) >= 11 is 0. The molecule has 8 heteroatoms. The lowest BCUT2D eigenvalue weighted by atomic mass is 9.91. The number of Topliss-reactive ketones (excluding diaryl/α,β-unsaturated/α-hetero) is 1. The zero-order chi connectivity index (χ0) is 20.6. The Kier molecular flexibility index (Phi) is 4.62. The lowest BCUT2D eigenvalue weighted by Gasteiger charge is -2.25. The Hall–Kier alpha value is -3.55. The van der Waals surface area contributed by atoms with Crippen molar-refractivity contribution in [1.82, 2.24) is 10.2 Å². The van der Waals surface area contributed by atoms with E-state index in [0.717, 1.165) is 4.90 Å². The topological polar surface area (TPSA) is 94.2 Å². The summed E-state index contributed by atoms with van der Waals surface area (Å²) < 4.78 is 16.1. The van der Waals surface area contributed by atoms with Crippen molar-refractivity contribution in [2.75, 3.05) is 26.9 Å². The minimum Gasteiger partial charge on any atom is -0.497 e. The molecule has 1 saturated heterocycles. The fraction of sp³-hybridized carbons (Fsp3) is 0.286. The Morgan fingerprint density at radius 3 is 2.48 bits per heavy atom. The summed E-state index contributed by atoms with van der Waals surface area (Å²) in [5, 5.41) is 2.70. The number of hydrogen-bond donors (Lipinski definition) is 1. The van der Waals surface area contributed by atoms with Gasteiger partial charge in [0.2, 0.25) is 0 Å². The Morgan fingerprint density at radius 2 is 1.79 bits per heavy atom. The van der Waals surface area contributed by atoms with Gasteiger partial charge in [-0.1, -0.05) is 6.07 Å². The normalized spacial score (nSPS) is 20.4. The Morgan fingerprint density at radius 1 is 1.10 bits per heavy atom. The highest BCUT2D eigenvalue weighted by atomic mass is 16.6. The molecule has 0 radical (unpaired) electrons. The number of fused-ring (bicyclic) bond motifs is 1. The number of imide groups is 1. The number of carbonyl (C=O) groups excluding carboxylic acids is 3. The Balaban J connectivity index is 1.55. The number of methoxy groups -OCH3 is 1. The van der Waals surface area contributed by atoms with Crippen LogP contribution in [0.4, 0.5) is 4.79 Å². The van der Waals surface area contributed by atoms with Gasteiger partial charge in [-0.25, -0.2) is 4.79 Å². The highest BCUT2D eigenvalue weighted by Gasteiger charge is 2.49. The highest BCUT2D eigenvalue weighted by Crippen LogP contribution is 2.36. The van der Waals surface area contributed by atoms with Crippen LogP contribution in [0.3, 0.4) is 0 Å². The van der Waals surface area contributed by atoms with Gasteiger partial charge in [0.1, 0.15) is 24.5 Å². The monoisotopic (exact) mass is 396 g/mol. The number of rotatable bonds is 5. The summed E-state index contributed by atoms with van der Waals surface area (Å²) in [6.45, 7) is 2.13. The quantitative estimate of drug-likeness (QED) is 0.615. The molecule has 0 bridgehead atoms. The molecule has 8 nitrogen and oxygen atoms in total. The molecule has 0 aliphatic carbocycles. The van der Waals surface area contributed by atoms with Gasteiger partial charge < -0.3 is 19.5 Å². The van der Waals surface area contributed by atoms with Gasteiger partial charge in [0.25, 0.3) is 5.91 Å². The van der Waals surface area contributed by atoms with Crippen molar-refractivity contribution in [1.29, 1.82) is 0 Å². The molecule has 0 unspecified atom stereocenters. The first-order chi connectivity index (χ1) is 13.9. The van der Waals surface area contributed by atoms with E-state index < -0.39 is 17.5 Å². The summed E-state index contributed by atoms with van der Waals surface area (Å²) in [4.78, 5) is 39.1. The molecule has 29 heavy (non-hydrogen) atoms. The second-order valence-electron chi connectivity index (χ2n) is 6.96. The maximum Gasteiger partial charge on any atom is 0.325 e. The number of carbonyl (C=O) groups is 3. The van der Waals surface area contributed by atoms with E-state index in [0.29, 0.717) is 41.6 Å². The number of urea groups is 1. The zero-order valence-corrected chi connectivity index (χ0v) is 16.1. The summed E-state index contributed by atoms with van der Waals surface area (Å²) in [7, 11) is 1.53. The summed E-state index contributed by atoms with van der Waals surface area (Å²) in [6, 6.07) is 11.0. The fourth-order valence-corrected chi connectivity index (χ4v) is 3.40. The smallest absolute Gasteiger partial charge is 0.325 e. The minimum atomic E-state index is -1.30. The number of hydrogen-bond acceptors (Lipinski definition) is 6. The van der Waals surface area contributed by atoms with Gasteiger partial charge in [0.05, 0.1) is 13.7 Å². The van der Waals surface area contributed by atoms with E-state index in [-0.39, 0.29) is 12.3 Å². The molecular weight excluding hydrogens is 376 g/mol. The molecule has 2 aromatic carbocycles. The third-order valence-corrected chi connectivity index (χ3v) is 5.11. The maximum atomic E-state index is 13.1. The molecule has 0 aromatic heterocycles. The lowest BCUT2D eigenvalue weighted by Crippen LogP contribution is -2.41. The first-order valence-electron chi connectivity index (χ1n) is 9.14. The van der Waals surface area contributed by atoms with Crippen molar-refractivity contribution in [3.63, 3.8) is 0 Å². The molecule has 2 aromatic rings. The number of nitrogens with zero attached hydrogens (tertiary/aromatic N) is 1. The van der Waals surface area contributed by atoms with Crippen LogP contribution in [0.15, 0.2) is 42.5 Å². The van der Waals surface area contributed by atoms with Crippen LogP contribution in [0.2, 0.25) is 0 Å². The van der Waals surface area contributed by atoms with Crippen LogP contribution in [-0.4, -0.2) is 49.5 Å². The van der Waals surface area contributed by atoms with Gasteiger partial charge in [-0.2, -0.15) is 0 Å². The van der Waals surface area contributed by atoms with Crippen LogP contribution in [0.5, 0.6) is 17.2 Å². The first-order valence-corrected chi connectivity index (χ1v) is 9.14. The molecule has 0 spiro atoms. The van der Waals surface area contributed by atoms with Crippen LogP contribution in [0.1, 0.15) is 22.8 Å². The number of amides is 3. The van der Waals surface area contributed by atoms with Crippen LogP contribution in [0.25, 0.3) is 0 Å². The number of ketones is 1. The molecule has 1 atom stereocenters. The SMILES string of the molecule is COc1ccc(C(=O)CN2C(=O)N[C@@](C)(c3ccc4c(c3)OCCO4)C2=O)cc1. The van der Waals surface area contributed by atoms with Crippen molar-refractivity contribution in [2.45, 2.75) is 12.5 Å². The van der Waals surface area contributed by atoms with E-state index in [9.17, 15) is 14.4 Å². The third-order valence-electron chi connectivity index (χ3n) is 5.11. The van der Waals surface area contributed by atoms with E-state index in [4.69, 9.17) is 14.2 Å². The largest absolute Gasteiger partial charge is 0.497 e. The molecule has 150 valence electrons. The lowest BCUT2D eigenvalue weighted by molar-refractivity contribution is -0.130. The maximum absolute atomic E-state index is 13.1. The number of benzene rings is 2. The van der Waals surface area contributed by atoms with Gasteiger partial charge in [-0.15, -0.1) is 0 Å². The Bertz CT molecular complexity index is 987. The summed E-state index contributed by atoms with van der Waals surface area (Å²) in [5.41, 5.74) is -0.355. The molecule has 4 rings (SSSR count). The van der Waals surface area contributed by atoms with Crippen LogP contribution < -0.4 is 19.5 Å². The number of ether oxygens (including phenoxy) is 3. The van der Waals surface area contributed by atoms with Crippen LogP contribution in [0, 0.1) is 0 Å². The highest BCUT2D eigenvalue weighted by molar-refractivity contribution is 6.11. The predicted molar refractivity (Wildman–Crippen MR) is 102 cm³/mol. The molecule has 1 N–H and O–H groups in total. The van der Waals surface area contributed by atoms with Crippen molar-refractivity contribution < 1.29 is 28.6 Å². The summed E-state index contributed by atoms with van der Waals surface area (Å²) in [6.07, 6.45) is 0. The van der Waals surface area contributed by atoms with Crippen LogP contribution >= 0.6 is 0 Å². The van der Waals surface area contributed by atoms with Crippen molar-refractivity contribution in [2.24, 2.45) is 0 Å². The van der Waals surface area contributed by atoms with Gasteiger partial charge in [-0.3, -0.25) is 14.5 Å². The van der Waals surface area contributed by atoms with Gasteiger partial charge in [0.15, 0.2) is 17.3 Å². The third kappa shape index (κ3) is 3.26. The van der Waals surface area contributed by atoms with E-state index in [1.54, 1.807) is 49.4 Å². The van der Waals surface area contributed by atoms with Gasteiger partial charge >= 0.3 is 6.03 Å².